The van der Waals surface area contributed by atoms with Crippen molar-refractivity contribution in [2.45, 2.75) is 25.7 Å². The molecule has 2 N–H and O–H groups in total. The zero-order chi connectivity index (χ0) is 18.2. The van der Waals surface area contributed by atoms with Gasteiger partial charge >= 0.3 is 0 Å². The molecule has 0 radical (unpaired) electrons. The van der Waals surface area contributed by atoms with Gasteiger partial charge in [0.2, 0.25) is 0 Å². The van der Waals surface area contributed by atoms with Crippen molar-refractivity contribution in [2.24, 2.45) is 5.92 Å². The van der Waals surface area contributed by atoms with Gasteiger partial charge in [0.05, 0.1) is 5.56 Å². The quantitative estimate of drug-likeness (QED) is 0.744. The van der Waals surface area contributed by atoms with Crippen LogP contribution in [-0.2, 0) is 6.42 Å². The van der Waals surface area contributed by atoms with E-state index in [-0.39, 0.29) is 12.5 Å². The Bertz CT molecular complexity index is 691. The molecule has 3 rings (SSSR count). The maximum absolute atomic E-state index is 12.2. The van der Waals surface area contributed by atoms with E-state index in [2.05, 4.69) is 20.2 Å². The molecule has 3 heterocycles. The number of nitrogens with one attached hydrogen (secondary N) is 1. The molecule has 0 aromatic carbocycles. The van der Waals surface area contributed by atoms with Gasteiger partial charge in [0, 0.05) is 44.3 Å². The number of aromatic nitrogens is 2. The van der Waals surface area contributed by atoms with Crippen molar-refractivity contribution >= 4 is 11.7 Å². The van der Waals surface area contributed by atoms with Crippen molar-refractivity contribution in [3.63, 3.8) is 0 Å². The second-order valence-electron chi connectivity index (χ2n) is 6.72. The molecule has 0 spiro atoms. The minimum atomic E-state index is -0.100. The van der Waals surface area contributed by atoms with E-state index in [4.69, 9.17) is 0 Å². The Morgan fingerprint density at radius 3 is 2.92 bits per heavy atom. The lowest BCUT2D eigenvalue weighted by molar-refractivity contribution is 0.0953. The number of carbonyl (C=O) groups excluding carboxylic acids is 1. The van der Waals surface area contributed by atoms with E-state index in [0.29, 0.717) is 18.0 Å². The molecule has 0 unspecified atom stereocenters. The minimum absolute atomic E-state index is 0.100. The molecule has 1 fully saturated rings. The number of amides is 1. The molecule has 2 aromatic heterocycles. The highest BCUT2D eigenvalue weighted by atomic mass is 16.3. The van der Waals surface area contributed by atoms with E-state index in [9.17, 15) is 9.90 Å². The lowest BCUT2D eigenvalue weighted by atomic mass is 9.99. The van der Waals surface area contributed by atoms with E-state index >= 15 is 0 Å². The van der Waals surface area contributed by atoms with Crippen LogP contribution in [0.15, 0.2) is 42.7 Å². The first-order chi connectivity index (χ1) is 12.8. The topological polar surface area (TPSA) is 78.4 Å². The maximum Gasteiger partial charge on any atom is 0.252 e. The van der Waals surface area contributed by atoms with Gasteiger partial charge in [-0.25, -0.2) is 4.98 Å². The van der Waals surface area contributed by atoms with Crippen LogP contribution < -0.4 is 10.2 Å². The molecule has 6 heteroatoms. The van der Waals surface area contributed by atoms with Crippen LogP contribution in [-0.4, -0.2) is 47.2 Å². The predicted octanol–water partition coefficient (Wildman–Crippen LogP) is 2.05. The average Bonchev–Trinajstić information content (AvgIpc) is 2.72. The van der Waals surface area contributed by atoms with Gasteiger partial charge < -0.3 is 15.3 Å². The second kappa shape index (κ2) is 9.29. The van der Waals surface area contributed by atoms with Crippen LogP contribution in [0.1, 0.15) is 35.3 Å². The van der Waals surface area contributed by atoms with Gasteiger partial charge in [-0.2, -0.15) is 0 Å². The SMILES string of the molecule is O=C(NCCCc1ccccn1)c1ccc(N2CCC[C@@H](CO)C2)nc1. The maximum atomic E-state index is 12.2. The van der Waals surface area contributed by atoms with E-state index in [1.54, 1.807) is 12.4 Å². The van der Waals surface area contributed by atoms with Gasteiger partial charge in [-0.3, -0.25) is 9.78 Å². The summed E-state index contributed by atoms with van der Waals surface area (Å²) in [7, 11) is 0. The van der Waals surface area contributed by atoms with Crippen LogP contribution >= 0.6 is 0 Å². The van der Waals surface area contributed by atoms with Crippen molar-refractivity contribution in [1.29, 1.82) is 0 Å². The molecule has 1 atom stereocenters. The van der Waals surface area contributed by atoms with Gasteiger partial charge in [0.15, 0.2) is 0 Å². The Morgan fingerprint density at radius 2 is 2.19 bits per heavy atom. The highest BCUT2D eigenvalue weighted by Crippen LogP contribution is 2.21. The number of pyridine rings is 2. The van der Waals surface area contributed by atoms with Crippen LogP contribution in [0.3, 0.4) is 0 Å². The number of piperidine rings is 1. The molecular weight excluding hydrogens is 328 g/mol. The third-order valence-electron chi connectivity index (χ3n) is 4.73. The smallest absolute Gasteiger partial charge is 0.252 e. The van der Waals surface area contributed by atoms with E-state index in [1.807, 2.05) is 30.3 Å². The fourth-order valence-electron chi connectivity index (χ4n) is 3.25. The number of rotatable bonds is 7. The molecular formula is C20H26N4O2. The van der Waals surface area contributed by atoms with Gasteiger partial charge in [-0.1, -0.05) is 6.07 Å². The number of carbonyl (C=O) groups is 1. The fraction of sp³-hybridized carbons (Fsp3) is 0.450. The van der Waals surface area contributed by atoms with E-state index in [1.165, 1.54) is 0 Å². The van der Waals surface area contributed by atoms with Crippen LogP contribution in [0, 0.1) is 5.92 Å². The fourth-order valence-corrected chi connectivity index (χ4v) is 3.25. The molecule has 1 aliphatic rings. The van der Waals surface area contributed by atoms with Crippen molar-refractivity contribution < 1.29 is 9.90 Å². The molecule has 1 amide bonds. The number of aliphatic hydroxyl groups excluding tert-OH is 1. The van der Waals surface area contributed by atoms with Gasteiger partial charge in [-0.05, 0) is 55.9 Å². The number of hydrogen-bond acceptors (Lipinski definition) is 5. The number of hydrogen-bond donors (Lipinski definition) is 2. The van der Waals surface area contributed by atoms with Crippen molar-refractivity contribution in [3.05, 3.63) is 54.0 Å². The standard InChI is InChI=1S/C20H26N4O2/c25-15-16-5-4-12-24(14-16)19-9-8-17(13-23-19)20(26)22-11-3-7-18-6-1-2-10-21-18/h1-2,6,8-10,13,16,25H,3-5,7,11-12,14-15H2,(H,22,26)/t16-/m1/s1. The molecule has 138 valence electrons. The van der Waals surface area contributed by atoms with Crippen LogP contribution in [0.5, 0.6) is 0 Å². The molecule has 0 saturated carbocycles. The Hall–Kier alpha value is -2.47. The van der Waals surface area contributed by atoms with Crippen molar-refractivity contribution in [2.75, 3.05) is 31.1 Å². The predicted molar refractivity (Wildman–Crippen MR) is 101 cm³/mol. The van der Waals surface area contributed by atoms with Crippen LogP contribution in [0.25, 0.3) is 0 Å². The minimum Gasteiger partial charge on any atom is -0.396 e. The lowest BCUT2D eigenvalue weighted by Crippen LogP contribution is -2.37. The van der Waals surface area contributed by atoms with Crippen molar-refractivity contribution in [1.82, 2.24) is 15.3 Å². The highest BCUT2D eigenvalue weighted by Gasteiger charge is 2.20. The second-order valence-corrected chi connectivity index (χ2v) is 6.72. The van der Waals surface area contributed by atoms with E-state index < -0.39 is 0 Å². The summed E-state index contributed by atoms with van der Waals surface area (Å²) >= 11 is 0. The Labute approximate surface area is 154 Å². The molecule has 2 aromatic rings. The van der Waals surface area contributed by atoms with Gasteiger partial charge in [-0.15, -0.1) is 0 Å². The summed E-state index contributed by atoms with van der Waals surface area (Å²) < 4.78 is 0. The summed E-state index contributed by atoms with van der Waals surface area (Å²) in [5.74, 6) is 1.08. The number of aliphatic hydroxyl groups is 1. The first-order valence-corrected chi connectivity index (χ1v) is 9.26. The highest BCUT2D eigenvalue weighted by molar-refractivity contribution is 5.94. The van der Waals surface area contributed by atoms with Crippen LogP contribution in [0.4, 0.5) is 5.82 Å². The Morgan fingerprint density at radius 1 is 1.27 bits per heavy atom. The summed E-state index contributed by atoms with van der Waals surface area (Å²) in [6.45, 7) is 2.60. The number of aryl methyl sites for hydroxylation is 1. The van der Waals surface area contributed by atoms with E-state index in [0.717, 1.165) is 50.3 Å². The molecule has 6 nitrogen and oxygen atoms in total. The first-order valence-electron chi connectivity index (χ1n) is 9.26. The zero-order valence-corrected chi connectivity index (χ0v) is 15.0. The molecule has 26 heavy (non-hydrogen) atoms. The molecule has 0 aliphatic carbocycles. The summed E-state index contributed by atoms with van der Waals surface area (Å²) in [5, 5.41) is 12.3. The summed E-state index contributed by atoms with van der Waals surface area (Å²) in [5.41, 5.74) is 1.61. The summed E-state index contributed by atoms with van der Waals surface area (Å²) in [6.07, 6.45) is 7.24. The third-order valence-corrected chi connectivity index (χ3v) is 4.73. The number of anilines is 1. The third kappa shape index (κ3) is 5.02. The lowest BCUT2D eigenvalue weighted by Gasteiger charge is -2.32. The molecule has 1 saturated heterocycles. The Kier molecular flexibility index (Phi) is 6.55. The van der Waals surface area contributed by atoms with Crippen molar-refractivity contribution in [3.8, 4) is 0 Å². The largest absolute Gasteiger partial charge is 0.396 e. The average molecular weight is 354 g/mol. The Balaban J connectivity index is 1.46. The zero-order valence-electron chi connectivity index (χ0n) is 15.0. The summed E-state index contributed by atoms with van der Waals surface area (Å²) in [6, 6.07) is 9.57. The summed E-state index contributed by atoms with van der Waals surface area (Å²) in [4.78, 5) is 23.1. The van der Waals surface area contributed by atoms with Crippen LogP contribution in [0.2, 0.25) is 0 Å². The molecule has 1 aliphatic heterocycles. The first kappa shape index (κ1) is 18.3. The normalized spacial score (nSPS) is 17.1. The van der Waals surface area contributed by atoms with Gasteiger partial charge in [0.1, 0.15) is 5.82 Å². The van der Waals surface area contributed by atoms with Gasteiger partial charge in [0.25, 0.3) is 5.91 Å². The molecule has 0 bridgehead atoms. The number of nitrogens with zero attached hydrogens (tertiary/aromatic N) is 3. The monoisotopic (exact) mass is 354 g/mol.